The van der Waals surface area contributed by atoms with Gasteiger partial charge >= 0.3 is 0 Å². The standard InChI is InChI=1S/C24H32N4O2S/c1-16(2)23(30)28-13-10-18-14-19(8-9-20(18)28)22-17(3)31-24(26-22)25-21(29)15-27-11-6-4-5-7-12-27/h8-9,14,16H,4-7,10-13,15H2,1-3H3,(H,25,26,29). The second-order valence-electron chi connectivity index (χ2n) is 8.90. The second kappa shape index (κ2) is 9.49. The Labute approximate surface area is 188 Å². The molecule has 1 aromatic heterocycles. The van der Waals surface area contributed by atoms with Gasteiger partial charge in [-0.05, 0) is 57.0 Å². The third kappa shape index (κ3) is 4.99. The normalized spacial score (nSPS) is 17.0. The van der Waals surface area contributed by atoms with Crippen LogP contribution in [0.4, 0.5) is 10.8 Å². The number of hydrogen-bond donors (Lipinski definition) is 1. The van der Waals surface area contributed by atoms with E-state index < -0.39 is 0 Å². The number of rotatable bonds is 5. The van der Waals surface area contributed by atoms with Gasteiger partial charge in [0.05, 0.1) is 12.2 Å². The molecule has 2 aromatic rings. The van der Waals surface area contributed by atoms with Gasteiger partial charge in [-0.1, -0.05) is 32.8 Å². The average molecular weight is 441 g/mol. The number of likely N-dealkylation sites (tertiary alicyclic amines) is 1. The van der Waals surface area contributed by atoms with Gasteiger partial charge in [-0.3, -0.25) is 14.5 Å². The summed E-state index contributed by atoms with van der Waals surface area (Å²) in [6.07, 6.45) is 5.73. The summed E-state index contributed by atoms with van der Waals surface area (Å²) in [6.45, 7) is 9.10. The van der Waals surface area contributed by atoms with Crippen LogP contribution in [0.25, 0.3) is 11.3 Å². The van der Waals surface area contributed by atoms with Gasteiger partial charge in [-0.15, -0.1) is 11.3 Å². The van der Waals surface area contributed by atoms with Crippen molar-refractivity contribution in [2.24, 2.45) is 5.92 Å². The zero-order chi connectivity index (χ0) is 22.0. The van der Waals surface area contributed by atoms with Crippen molar-refractivity contribution in [2.75, 3.05) is 36.4 Å². The van der Waals surface area contributed by atoms with Crippen molar-refractivity contribution < 1.29 is 9.59 Å². The number of carbonyl (C=O) groups is 2. The number of fused-ring (bicyclic) bond motifs is 1. The zero-order valence-corrected chi connectivity index (χ0v) is 19.6. The number of aromatic nitrogens is 1. The van der Waals surface area contributed by atoms with Crippen LogP contribution in [0, 0.1) is 12.8 Å². The molecule has 0 unspecified atom stereocenters. The summed E-state index contributed by atoms with van der Waals surface area (Å²) < 4.78 is 0. The molecule has 166 valence electrons. The third-order valence-electron chi connectivity index (χ3n) is 6.12. The lowest BCUT2D eigenvalue weighted by Crippen LogP contribution is -2.33. The number of hydrogen-bond acceptors (Lipinski definition) is 5. The molecular formula is C24H32N4O2S. The largest absolute Gasteiger partial charge is 0.312 e. The van der Waals surface area contributed by atoms with Crippen LogP contribution in [-0.4, -0.2) is 47.9 Å². The van der Waals surface area contributed by atoms with Crippen molar-refractivity contribution >= 4 is 34.0 Å². The fourth-order valence-corrected chi connectivity index (χ4v) is 5.32. The van der Waals surface area contributed by atoms with Crippen LogP contribution >= 0.6 is 11.3 Å². The molecule has 2 amide bonds. The lowest BCUT2D eigenvalue weighted by Gasteiger charge is -2.19. The van der Waals surface area contributed by atoms with Crippen LogP contribution in [0.1, 0.15) is 50.0 Å². The molecule has 0 atom stereocenters. The maximum absolute atomic E-state index is 12.5. The Morgan fingerprint density at radius 2 is 1.87 bits per heavy atom. The minimum absolute atomic E-state index is 0.00750. The van der Waals surface area contributed by atoms with E-state index >= 15 is 0 Å². The molecule has 0 radical (unpaired) electrons. The van der Waals surface area contributed by atoms with Crippen molar-refractivity contribution in [3.63, 3.8) is 0 Å². The van der Waals surface area contributed by atoms with E-state index in [1.54, 1.807) is 0 Å². The summed E-state index contributed by atoms with van der Waals surface area (Å²) >= 11 is 1.52. The number of anilines is 2. The number of benzene rings is 1. The third-order valence-corrected chi connectivity index (χ3v) is 7.00. The number of nitrogens with one attached hydrogen (secondary N) is 1. The number of nitrogens with zero attached hydrogens (tertiary/aromatic N) is 3. The van der Waals surface area contributed by atoms with E-state index in [9.17, 15) is 9.59 Å². The summed E-state index contributed by atoms with van der Waals surface area (Å²) in [6, 6.07) is 6.22. The lowest BCUT2D eigenvalue weighted by atomic mass is 10.1. The van der Waals surface area contributed by atoms with E-state index in [0.717, 1.165) is 47.9 Å². The highest BCUT2D eigenvalue weighted by Gasteiger charge is 2.27. The molecule has 2 aliphatic heterocycles. The SMILES string of the molecule is Cc1sc(NC(=O)CN2CCCCCC2)nc1-c1ccc2c(c1)CCN2C(=O)C(C)C. The Morgan fingerprint density at radius 1 is 1.13 bits per heavy atom. The molecule has 1 aromatic carbocycles. The first-order chi connectivity index (χ1) is 14.9. The molecular weight excluding hydrogens is 408 g/mol. The molecule has 4 rings (SSSR count). The van der Waals surface area contributed by atoms with Gasteiger partial charge < -0.3 is 10.2 Å². The predicted molar refractivity (Wildman–Crippen MR) is 127 cm³/mol. The number of amides is 2. The van der Waals surface area contributed by atoms with Crippen LogP contribution in [0.2, 0.25) is 0 Å². The molecule has 3 heterocycles. The van der Waals surface area contributed by atoms with E-state index in [4.69, 9.17) is 4.98 Å². The van der Waals surface area contributed by atoms with E-state index in [1.165, 1.54) is 42.6 Å². The zero-order valence-electron chi connectivity index (χ0n) is 18.7. The maximum Gasteiger partial charge on any atom is 0.240 e. The molecule has 0 spiro atoms. The number of carbonyl (C=O) groups excluding carboxylic acids is 2. The van der Waals surface area contributed by atoms with Crippen LogP contribution in [-0.2, 0) is 16.0 Å². The van der Waals surface area contributed by atoms with Crippen LogP contribution < -0.4 is 10.2 Å². The van der Waals surface area contributed by atoms with E-state index in [1.807, 2.05) is 37.8 Å². The Kier molecular flexibility index (Phi) is 6.72. The molecule has 0 saturated carbocycles. The Morgan fingerprint density at radius 3 is 2.58 bits per heavy atom. The van der Waals surface area contributed by atoms with Gasteiger partial charge in [0.15, 0.2) is 5.13 Å². The molecule has 7 heteroatoms. The summed E-state index contributed by atoms with van der Waals surface area (Å²) in [5.74, 6) is 0.177. The van der Waals surface area contributed by atoms with Gasteiger partial charge in [0.2, 0.25) is 11.8 Å². The van der Waals surface area contributed by atoms with E-state index in [-0.39, 0.29) is 17.7 Å². The first kappa shape index (κ1) is 22.0. The highest BCUT2D eigenvalue weighted by Crippen LogP contribution is 2.36. The minimum Gasteiger partial charge on any atom is -0.312 e. The molecule has 0 bridgehead atoms. The predicted octanol–water partition coefficient (Wildman–Crippen LogP) is 4.48. The molecule has 1 N–H and O–H groups in total. The minimum atomic E-state index is -0.00750. The van der Waals surface area contributed by atoms with Crippen LogP contribution in [0.15, 0.2) is 18.2 Å². The van der Waals surface area contributed by atoms with E-state index in [2.05, 4.69) is 16.3 Å². The second-order valence-corrected chi connectivity index (χ2v) is 10.1. The van der Waals surface area contributed by atoms with Crippen LogP contribution in [0.5, 0.6) is 0 Å². The molecule has 2 aliphatic rings. The Bertz CT molecular complexity index is 960. The topological polar surface area (TPSA) is 65.5 Å². The first-order valence-corrected chi connectivity index (χ1v) is 12.2. The molecule has 1 fully saturated rings. The van der Waals surface area contributed by atoms with Crippen molar-refractivity contribution in [3.05, 3.63) is 28.6 Å². The summed E-state index contributed by atoms with van der Waals surface area (Å²) in [4.78, 5) is 34.9. The smallest absolute Gasteiger partial charge is 0.240 e. The quantitative estimate of drug-likeness (QED) is 0.745. The van der Waals surface area contributed by atoms with Crippen molar-refractivity contribution in [3.8, 4) is 11.3 Å². The van der Waals surface area contributed by atoms with Crippen molar-refractivity contribution in [1.29, 1.82) is 0 Å². The lowest BCUT2D eigenvalue weighted by molar-refractivity contribution is -0.121. The van der Waals surface area contributed by atoms with Crippen LogP contribution in [0.3, 0.4) is 0 Å². The highest BCUT2D eigenvalue weighted by atomic mass is 32.1. The number of thiazole rings is 1. The van der Waals surface area contributed by atoms with Gasteiger partial charge in [0.1, 0.15) is 0 Å². The molecule has 6 nitrogen and oxygen atoms in total. The summed E-state index contributed by atoms with van der Waals surface area (Å²) in [5, 5.41) is 3.66. The summed E-state index contributed by atoms with van der Waals surface area (Å²) in [5.41, 5.74) is 4.15. The van der Waals surface area contributed by atoms with Crippen molar-refractivity contribution in [1.82, 2.24) is 9.88 Å². The first-order valence-electron chi connectivity index (χ1n) is 11.4. The fourth-order valence-electron chi connectivity index (χ4n) is 4.46. The van der Waals surface area contributed by atoms with Gasteiger partial charge in [0.25, 0.3) is 0 Å². The van der Waals surface area contributed by atoms with Gasteiger partial charge in [-0.25, -0.2) is 4.98 Å². The molecule has 0 aliphatic carbocycles. The van der Waals surface area contributed by atoms with Crippen molar-refractivity contribution in [2.45, 2.75) is 52.9 Å². The Balaban J connectivity index is 1.45. The van der Waals surface area contributed by atoms with E-state index in [0.29, 0.717) is 11.7 Å². The highest BCUT2D eigenvalue weighted by molar-refractivity contribution is 7.16. The molecule has 31 heavy (non-hydrogen) atoms. The molecule has 1 saturated heterocycles. The average Bonchev–Trinajstić information content (AvgIpc) is 3.21. The maximum atomic E-state index is 12.5. The van der Waals surface area contributed by atoms with Gasteiger partial charge in [0, 0.05) is 28.6 Å². The monoisotopic (exact) mass is 440 g/mol. The Hall–Kier alpha value is -2.25. The fraction of sp³-hybridized carbons (Fsp3) is 0.542. The summed E-state index contributed by atoms with van der Waals surface area (Å²) in [7, 11) is 0. The number of aryl methyl sites for hydroxylation is 1. The van der Waals surface area contributed by atoms with Gasteiger partial charge in [-0.2, -0.15) is 0 Å².